The summed E-state index contributed by atoms with van der Waals surface area (Å²) in [6.45, 7) is 1.75. The number of benzene rings is 1. The number of nitrogens with zero attached hydrogens (tertiary/aromatic N) is 3. The van der Waals surface area contributed by atoms with E-state index >= 15 is 0 Å². The average molecular weight is 400 g/mol. The van der Waals surface area contributed by atoms with Gasteiger partial charge in [0.25, 0.3) is 5.91 Å². The van der Waals surface area contributed by atoms with Gasteiger partial charge in [0.05, 0.1) is 6.04 Å². The maximum absolute atomic E-state index is 12.4. The first-order valence-electron chi connectivity index (χ1n) is 8.23. The van der Waals surface area contributed by atoms with Crippen LogP contribution in [-0.2, 0) is 4.57 Å². The molecule has 3 aromatic rings. The van der Waals surface area contributed by atoms with Gasteiger partial charge in [0, 0.05) is 12.4 Å². The van der Waals surface area contributed by atoms with E-state index in [0.29, 0.717) is 5.69 Å². The van der Waals surface area contributed by atoms with Crippen molar-refractivity contribution in [3.05, 3.63) is 66.0 Å². The molecule has 144 valence electrons. The van der Waals surface area contributed by atoms with Crippen LogP contribution in [0, 0.1) is 0 Å². The zero-order valence-electron chi connectivity index (χ0n) is 14.7. The molecular formula is C18H17N4O5P. The molecule has 2 aromatic heterocycles. The minimum Gasteiger partial charge on any atom is -0.493 e. The number of amides is 1. The van der Waals surface area contributed by atoms with Gasteiger partial charge in [-0.2, -0.15) is 4.98 Å². The van der Waals surface area contributed by atoms with Crippen LogP contribution in [0.1, 0.15) is 28.9 Å². The molecule has 0 aliphatic heterocycles. The van der Waals surface area contributed by atoms with E-state index in [1.54, 1.807) is 43.5 Å². The van der Waals surface area contributed by atoms with Crippen molar-refractivity contribution in [3.8, 4) is 23.1 Å². The first-order chi connectivity index (χ1) is 13.4. The van der Waals surface area contributed by atoms with Gasteiger partial charge in [0.2, 0.25) is 5.88 Å². The number of nitrogens with one attached hydrogen (secondary N) is 1. The SMILES string of the molecule is C[C@@H](NC(=O)c1cnc(-c2ccccn2)nc1O)c1ccc(O[PH](=O)O)cc1. The van der Waals surface area contributed by atoms with Gasteiger partial charge in [0.15, 0.2) is 5.82 Å². The van der Waals surface area contributed by atoms with Crippen LogP contribution in [0.5, 0.6) is 11.6 Å². The van der Waals surface area contributed by atoms with Crippen molar-refractivity contribution in [1.29, 1.82) is 0 Å². The molecule has 2 heterocycles. The highest BCUT2D eigenvalue weighted by Crippen LogP contribution is 2.25. The van der Waals surface area contributed by atoms with Crippen molar-refractivity contribution in [2.24, 2.45) is 0 Å². The molecule has 2 atom stereocenters. The van der Waals surface area contributed by atoms with Crippen LogP contribution < -0.4 is 9.84 Å². The molecule has 3 N–H and O–H groups in total. The Morgan fingerprint density at radius 2 is 1.93 bits per heavy atom. The van der Waals surface area contributed by atoms with E-state index in [1.165, 1.54) is 18.3 Å². The summed E-state index contributed by atoms with van der Waals surface area (Å²) in [4.78, 5) is 33.3. The molecule has 9 nitrogen and oxygen atoms in total. The fourth-order valence-corrected chi connectivity index (χ4v) is 2.77. The molecule has 0 aliphatic carbocycles. The van der Waals surface area contributed by atoms with Gasteiger partial charge < -0.3 is 19.8 Å². The molecule has 1 amide bonds. The summed E-state index contributed by atoms with van der Waals surface area (Å²) >= 11 is 0. The summed E-state index contributed by atoms with van der Waals surface area (Å²) < 4.78 is 15.4. The number of hydrogen-bond acceptors (Lipinski definition) is 7. The van der Waals surface area contributed by atoms with E-state index in [4.69, 9.17) is 9.42 Å². The number of hydrogen-bond donors (Lipinski definition) is 3. The van der Waals surface area contributed by atoms with Crippen molar-refractivity contribution in [1.82, 2.24) is 20.3 Å². The van der Waals surface area contributed by atoms with Crippen LogP contribution in [0.4, 0.5) is 0 Å². The third-order valence-corrected chi connectivity index (χ3v) is 4.25. The van der Waals surface area contributed by atoms with Gasteiger partial charge in [-0.1, -0.05) is 18.2 Å². The lowest BCUT2D eigenvalue weighted by molar-refractivity contribution is 0.0936. The first kappa shape index (κ1) is 19.5. The molecule has 0 saturated carbocycles. The fourth-order valence-electron chi connectivity index (χ4n) is 2.43. The Morgan fingerprint density at radius 1 is 1.18 bits per heavy atom. The molecule has 0 bridgehead atoms. The van der Waals surface area contributed by atoms with E-state index in [0.717, 1.165) is 5.56 Å². The average Bonchev–Trinajstić information content (AvgIpc) is 2.68. The van der Waals surface area contributed by atoms with E-state index in [2.05, 4.69) is 20.3 Å². The molecule has 28 heavy (non-hydrogen) atoms. The Labute approximate surface area is 161 Å². The summed E-state index contributed by atoms with van der Waals surface area (Å²) in [5.74, 6) is -0.526. The van der Waals surface area contributed by atoms with E-state index < -0.39 is 26.1 Å². The maximum Gasteiger partial charge on any atom is 0.365 e. The van der Waals surface area contributed by atoms with E-state index in [1.807, 2.05) is 0 Å². The monoisotopic (exact) mass is 400 g/mol. The Morgan fingerprint density at radius 3 is 2.54 bits per heavy atom. The highest BCUT2D eigenvalue weighted by Gasteiger charge is 2.18. The second kappa shape index (κ2) is 8.60. The van der Waals surface area contributed by atoms with Crippen molar-refractivity contribution >= 4 is 14.2 Å². The van der Waals surface area contributed by atoms with Gasteiger partial charge in [-0.3, -0.25) is 9.78 Å². The van der Waals surface area contributed by atoms with Gasteiger partial charge in [-0.15, -0.1) is 0 Å². The number of carbonyl (C=O) groups excluding carboxylic acids is 1. The van der Waals surface area contributed by atoms with Crippen LogP contribution in [0.25, 0.3) is 11.5 Å². The number of carbonyl (C=O) groups is 1. The summed E-state index contributed by atoms with van der Waals surface area (Å²) in [7, 11) is -3.07. The molecular weight excluding hydrogens is 383 g/mol. The second-order valence-corrected chi connectivity index (χ2v) is 6.51. The lowest BCUT2D eigenvalue weighted by Crippen LogP contribution is -2.27. The van der Waals surface area contributed by atoms with Crippen molar-refractivity contribution < 1.29 is 23.9 Å². The quantitative estimate of drug-likeness (QED) is 0.537. The lowest BCUT2D eigenvalue weighted by Gasteiger charge is -2.15. The molecule has 0 spiro atoms. The van der Waals surface area contributed by atoms with Gasteiger partial charge in [-0.25, -0.2) is 9.55 Å². The van der Waals surface area contributed by atoms with Crippen LogP contribution in [0.15, 0.2) is 54.9 Å². The Kier molecular flexibility index (Phi) is 5.98. The summed E-state index contributed by atoms with van der Waals surface area (Å²) in [6, 6.07) is 11.2. The largest absolute Gasteiger partial charge is 0.493 e. The number of aromatic hydroxyl groups is 1. The number of rotatable bonds is 6. The summed E-state index contributed by atoms with van der Waals surface area (Å²) in [6.07, 6.45) is 2.82. The Hall–Kier alpha value is -3.29. The van der Waals surface area contributed by atoms with Crippen LogP contribution in [-0.4, -0.2) is 30.9 Å². The molecule has 0 fully saturated rings. The zero-order valence-corrected chi connectivity index (χ0v) is 15.7. The minimum atomic E-state index is -3.07. The van der Waals surface area contributed by atoms with Gasteiger partial charge >= 0.3 is 8.25 Å². The molecule has 0 radical (unpaired) electrons. The number of aromatic nitrogens is 3. The topological polar surface area (TPSA) is 135 Å². The molecule has 1 unspecified atom stereocenters. The predicted molar refractivity (Wildman–Crippen MR) is 101 cm³/mol. The third-order valence-electron chi connectivity index (χ3n) is 3.84. The summed E-state index contributed by atoms with van der Waals surface area (Å²) in [5.41, 5.74) is 1.15. The molecule has 0 aliphatic rings. The van der Waals surface area contributed by atoms with E-state index in [-0.39, 0.29) is 17.1 Å². The van der Waals surface area contributed by atoms with Gasteiger partial charge in [-0.05, 0) is 36.8 Å². The second-order valence-electron chi connectivity index (χ2n) is 5.78. The normalized spacial score (nSPS) is 12.8. The maximum atomic E-state index is 12.4. The van der Waals surface area contributed by atoms with Gasteiger partial charge in [0.1, 0.15) is 17.0 Å². The van der Waals surface area contributed by atoms with E-state index in [9.17, 15) is 14.5 Å². The Balaban J connectivity index is 1.71. The highest BCUT2D eigenvalue weighted by molar-refractivity contribution is 7.32. The molecule has 10 heteroatoms. The van der Waals surface area contributed by atoms with Crippen molar-refractivity contribution in [2.75, 3.05) is 0 Å². The lowest BCUT2D eigenvalue weighted by atomic mass is 10.1. The molecule has 1 aromatic carbocycles. The highest BCUT2D eigenvalue weighted by atomic mass is 31.1. The summed E-state index contributed by atoms with van der Waals surface area (Å²) in [5, 5.41) is 12.9. The molecule has 3 rings (SSSR count). The standard InChI is InChI=1S/C18H17N4O5P/c1-11(12-5-7-13(8-6-12)27-28(25)26)21-17(23)14-10-20-16(22-18(14)24)15-4-2-3-9-19-15/h2-11,28H,1H3,(H,21,23)(H,25,26)(H,20,22,24)/t11-/m1/s1. The minimum absolute atomic E-state index is 0.0645. The predicted octanol–water partition coefficient (Wildman–Crippen LogP) is 2.50. The Bertz CT molecular complexity index is 999. The van der Waals surface area contributed by atoms with Crippen molar-refractivity contribution in [2.45, 2.75) is 13.0 Å². The van der Waals surface area contributed by atoms with Crippen LogP contribution in [0.3, 0.4) is 0 Å². The smallest absolute Gasteiger partial charge is 0.365 e. The third kappa shape index (κ3) is 4.70. The zero-order chi connectivity index (χ0) is 20.1. The van der Waals surface area contributed by atoms with Crippen molar-refractivity contribution in [3.63, 3.8) is 0 Å². The fraction of sp³-hybridized carbons (Fsp3) is 0.111. The van der Waals surface area contributed by atoms with Crippen LogP contribution in [0.2, 0.25) is 0 Å². The van der Waals surface area contributed by atoms with Crippen LogP contribution >= 0.6 is 8.25 Å². The first-order valence-corrected chi connectivity index (χ1v) is 9.49. The molecule has 0 saturated heterocycles. The number of pyridine rings is 1.